The standard InChI is InChI=1S/C11H13BrN2/c1-3-7-14(2)11-6-4-5-10(12)9(11)8-13/h4-6H,3,7H2,1-2H3. The minimum absolute atomic E-state index is 0.712. The van der Waals surface area contributed by atoms with Gasteiger partial charge in [0.25, 0.3) is 0 Å². The second kappa shape index (κ2) is 5.02. The summed E-state index contributed by atoms with van der Waals surface area (Å²) in [5, 5.41) is 9.01. The first-order chi connectivity index (χ1) is 6.70. The number of nitriles is 1. The maximum atomic E-state index is 9.01. The smallest absolute Gasteiger partial charge is 0.103 e. The Morgan fingerprint density at radius 3 is 2.79 bits per heavy atom. The fourth-order valence-corrected chi connectivity index (χ4v) is 1.84. The van der Waals surface area contributed by atoms with E-state index in [0.717, 1.165) is 23.1 Å². The molecule has 1 rings (SSSR count). The van der Waals surface area contributed by atoms with Crippen LogP contribution in [0.2, 0.25) is 0 Å². The third-order valence-electron chi connectivity index (χ3n) is 2.07. The SMILES string of the molecule is CCCN(C)c1cccc(Br)c1C#N. The predicted octanol–water partition coefficient (Wildman–Crippen LogP) is 3.17. The van der Waals surface area contributed by atoms with Crippen LogP contribution in [0.5, 0.6) is 0 Å². The number of rotatable bonds is 3. The Balaban J connectivity index is 3.08. The van der Waals surface area contributed by atoms with Gasteiger partial charge in [0.05, 0.1) is 11.3 Å². The molecule has 0 amide bonds. The average Bonchev–Trinajstić information content (AvgIpc) is 2.17. The Morgan fingerprint density at radius 1 is 1.50 bits per heavy atom. The first-order valence-corrected chi connectivity index (χ1v) is 5.39. The third-order valence-corrected chi connectivity index (χ3v) is 2.73. The molecule has 1 aromatic rings. The summed E-state index contributed by atoms with van der Waals surface area (Å²) in [6.45, 7) is 3.09. The van der Waals surface area contributed by atoms with Gasteiger partial charge in [0.15, 0.2) is 0 Å². The minimum atomic E-state index is 0.712. The Kier molecular flexibility index (Phi) is 3.97. The number of benzene rings is 1. The molecule has 0 aliphatic heterocycles. The van der Waals surface area contributed by atoms with Gasteiger partial charge in [-0.25, -0.2) is 0 Å². The molecule has 14 heavy (non-hydrogen) atoms. The van der Waals surface area contributed by atoms with Crippen LogP contribution >= 0.6 is 15.9 Å². The van der Waals surface area contributed by atoms with E-state index in [-0.39, 0.29) is 0 Å². The van der Waals surface area contributed by atoms with Gasteiger partial charge in [0, 0.05) is 18.1 Å². The molecule has 74 valence electrons. The lowest BCUT2D eigenvalue weighted by atomic mass is 10.2. The molecule has 0 atom stereocenters. The van der Waals surface area contributed by atoms with Crippen molar-refractivity contribution in [2.45, 2.75) is 13.3 Å². The van der Waals surface area contributed by atoms with Crippen LogP contribution in [0.1, 0.15) is 18.9 Å². The fourth-order valence-electron chi connectivity index (χ4n) is 1.40. The van der Waals surface area contributed by atoms with E-state index in [1.807, 2.05) is 25.2 Å². The average molecular weight is 253 g/mol. The molecule has 0 bridgehead atoms. The van der Waals surface area contributed by atoms with Crippen molar-refractivity contribution in [3.05, 3.63) is 28.2 Å². The summed E-state index contributed by atoms with van der Waals surface area (Å²) in [6, 6.07) is 8.03. The summed E-state index contributed by atoms with van der Waals surface area (Å²) >= 11 is 3.38. The lowest BCUT2D eigenvalue weighted by Crippen LogP contribution is -2.18. The molecule has 3 heteroatoms. The van der Waals surface area contributed by atoms with E-state index in [2.05, 4.69) is 33.8 Å². The van der Waals surface area contributed by atoms with Gasteiger partial charge in [-0.2, -0.15) is 5.26 Å². The molecule has 0 aliphatic rings. The van der Waals surface area contributed by atoms with Gasteiger partial charge in [-0.3, -0.25) is 0 Å². The zero-order chi connectivity index (χ0) is 10.6. The molecule has 0 aromatic heterocycles. The van der Waals surface area contributed by atoms with Crippen LogP contribution in [-0.4, -0.2) is 13.6 Å². The van der Waals surface area contributed by atoms with Crippen LogP contribution in [0.4, 0.5) is 5.69 Å². The first-order valence-electron chi connectivity index (χ1n) is 4.60. The van der Waals surface area contributed by atoms with Gasteiger partial charge in [0.2, 0.25) is 0 Å². The van der Waals surface area contributed by atoms with E-state index in [4.69, 9.17) is 5.26 Å². The minimum Gasteiger partial charge on any atom is -0.374 e. The van der Waals surface area contributed by atoms with Crippen molar-refractivity contribution in [1.82, 2.24) is 0 Å². The van der Waals surface area contributed by atoms with Crippen molar-refractivity contribution in [3.63, 3.8) is 0 Å². The highest BCUT2D eigenvalue weighted by atomic mass is 79.9. The van der Waals surface area contributed by atoms with Gasteiger partial charge >= 0.3 is 0 Å². The van der Waals surface area contributed by atoms with Crippen molar-refractivity contribution in [3.8, 4) is 6.07 Å². The summed E-state index contributed by atoms with van der Waals surface area (Å²) in [5.74, 6) is 0. The molecule has 1 aromatic carbocycles. The summed E-state index contributed by atoms with van der Waals surface area (Å²) in [7, 11) is 2.01. The molecule has 0 N–H and O–H groups in total. The number of anilines is 1. The third kappa shape index (κ3) is 2.27. The Hall–Kier alpha value is -1.01. The number of hydrogen-bond acceptors (Lipinski definition) is 2. The van der Waals surface area contributed by atoms with E-state index in [9.17, 15) is 0 Å². The largest absolute Gasteiger partial charge is 0.374 e. The van der Waals surface area contributed by atoms with Crippen molar-refractivity contribution in [2.24, 2.45) is 0 Å². The van der Waals surface area contributed by atoms with E-state index in [1.165, 1.54) is 0 Å². The van der Waals surface area contributed by atoms with Gasteiger partial charge in [-0.15, -0.1) is 0 Å². The van der Waals surface area contributed by atoms with Crippen LogP contribution in [0.15, 0.2) is 22.7 Å². The fraction of sp³-hybridized carbons (Fsp3) is 0.364. The highest BCUT2D eigenvalue weighted by molar-refractivity contribution is 9.10. The second-order valence-corrected chi connectivity index (χ2v) is 4.02. The van der Waals surface area contributed by atoms with Gasteiger partial charge in [-0.05, 0) is 34.5 Å². The Morgan fingerprint density at radius 2 is 2.21 bits per heavy atom. The monoisotopic (exact) mass is 252 g/mol. The molecule has 0 unspecified atom stereocenters. The molecule has 0 spiro atoms. The molecular weight excluding hydrogens is 240 g/mol. The van der Waals surface area contributed by atoms with Crippen LogP contribution < -0.4 is 4.90 Å². The van der Waals surface area contributed by atoms with Crippen molar-refractivity contribution in [2.75, 3.05) is 18.5 Å². The Labute approximate surface area is 93.3 Å². The Bertz CT molecular complexity index is 355. The molecule has 0 fully saturated rings. The van der Waals surface area contributed by atoms with Crippen molar-refractivity contribution < 1.29 is 0 Å². The lowest BCUT2D eigenvalue weighted by molar-refractivity contribution is 0.851. The summed E-state index contributed by atoms with van der Waals surface area (Å²) in [6.07, 6.45) is 1.08. The molecule has 0 aliphatic carbocycles. The number of hydrogen-bond donors (Lipinski definition) is 0. The maximum absolute atomic E-state index is 9.01. The lowest BCUT2D eigenvalue weighted by Gasteiger charge is -2.19. The zero-order valence-corrected chi connectivity index (χ0v) is 10.0. The highest BCUT2D eigenvalue weighted by Gasteiger charge is 2.08. The molecule has 0 saturated heterocycles. The summed E-state index contributed by atoms with van der Waals surface area (Å²) in [4.78, 5) is 2.10. The molecule has 0 saturated carbocycles. The summed E-state index contributed by atoms with van der Waals surface area (Å²) in [5.41, 5.74) is 1.70. The van der Waals surface area contributed by atoms with Crippen LogP contribution in [0.3, 0.4) is 0 Å². The van der Waals surface area contributed by atoms with Gasteiger partial charge < -0.3 is 4.90 Å². The zero-order valence-electron chi connectivity index (χ0n) is 8.42. The van der Waals surface area contributed by atoms with Crippen LogP contribution in [0, 0.1) is 11.3 Å². The summed E-state index contributed by atoms with van der Waals surface area (Å²) < 4.78 is 0.862. The quantitative estimate of drug-likeness (QED) is 0.827. The second-order valence-electron chi connectivity index (χ2n) is 3.17. The van der Waals surface area contributed by atoms with Gasteiger partial charge in [-0.1, -0.05) is 13.0 Å². The first kappa shape index (κ1) is 11.1. The van der Waals surface area contributed by atoms with E-state index in [1.54, 1.807) is 0 Å². The number of halogens is 1. The number of nitrogens with zero attached hydrogens (tertiary/aromatic N) is 2. The highest BCUT2D eigenvalue weighted by Crippen LogP contribution is 2.26. The predicted molar refractivity (Wildman–Crippen MR) is 62.4 cm³/mol. The molecule has 0 heterocycles. The molecule has 0 radical (unpaired) electrons. The van der Waals surface area contributed by atoms with E-state index < -0.39 is 0 Å². The maximum Gasteiger partial charge on any atom is 0.103 e. The van der Waals surface area contributed by atoms with E-state index in [0.29, 0.717) is 5.56 Å². The van der Waals surface area contributed by atoms with Crippen molar-refractivity contribution in [1.29, 1.82) is 5.26 Å². The molecular formula is C11H13BrN2. The molecule has 2 nitrogen and oxygen atoms in total. The van der Waals surface area contributed by atoms with Crippen LogP contribution in [-0.2, 0) is 0 Å². The van der Waals surface area contributed by atoms with Gasteiger partial charge in [0.1, 0.15) is 6.07 Å². The van der Waals surface area contributed by atoms with E-state index >= 15 is 0 Å². The van der Waals surface area contributed by atoms with Crippen LogP contribution in [0.25, 0.3) is 0 Å². The topological polar surface area (TPSA) is 27.0 Å². The van der Waals surface area contributed by atoms with Crippen molar-refractivity contribution >= 4 is 21.6 Å². The normalized spacial score (nSPS) is 9.57.